The number of hydrogen-bond donors (Lipinski definition) is 2. The van der Waals surface area contributed by atoms with Gasteiger partial charge in [0.15, 0.2) is 0 Å². The topological polar surface area (TPSA) is 80.9 Å². The second-order valence-electron chi connectivity index (χ2n) is 4.38. The molecule has 0 aliphatic heterocycles. The summed E-state index contributed by atoms with van der Waals surface area (Å²) in [4.78, 5) is 20.2. The molecule has 2 aromatic rings. The molecule has 0 unspecified atom stereocenters. The Balaban J connectivity index is 2.34. The van der Waals surface area contributed by atoms with Crippen molar-refractivity contribution in [1.82, 2.24) is 15.4 Å². The number of nitrogens with zero attached hydrogens (tertiary/aromatic N) is 2. The number of nitrogens with one attached hydrogen (secondary N) is 1. The fraction of sp³-hybridized carbons (Fsp3) is 0.250. The largest absolute Gasteiger partial charge is 0.293 e. The van der Waals surface area contributed by atoms with Gasteiger partial charge < -0.3 is 0 Å². The first-order valence-electron chi connectivity index (χ1n) is 5.43. The summed E-state index contributed by atoms with van der Waals surface area (Å²) in [6.07, 6.45) is 3.46. The molecule has 5 nitrogen and oxygen atoms in total. The van der Waals surface area contributed by atoms with Crippen LogP contribution in [-0.2, 0) is 10.2 Å². The van der Waals surface area contributed by atoms with Gasteiger partial charge in [-0.3, -0.25) is 15.2 Å². The molecule has 0 saturated carbocycles. The lowest BCUT2D eigenvalue weighted by Gasteiger charge is -2.19. The van der Waals surface area contributed by atoms with Crippen LogP contribution < -0.4 is 11.3 Å². The van der Waals surface area contributed by atoms with Crippen LogP contribution in [0.4, 0.5) is 0 Å². The zero-order chi connectivity index (χ0) is 13.2. The highest BCUT2D eigenvalue weighted by Gasteiger charge is 2.31. The first-order valence-corrected chi connectivity index (χ1v) is 6.31. The molecule has 0 aliphatic rings. The van der Waals surface area contributed by atoms with Crippen LogP contribution in [0, 0.1) is 0 Å². The lowest BCUT2D eigenvalue weighted by molar-refractivity contribution is -0.125. The van der Waals surface area contributed by atoms with Crippen molar-refractivity contribution in [2.75, 3.05) is 0 Å². The summed E-state index contributed by atoms with van der Waals surface area (Å²) in [6, 6.07) is 3.79. The van der Waals surface area contributed by atoms with Gasteiger partial charge in [0, 0.05) is 23.3 Å². The fourth-order valence-electron chi connectivity index (χ4n) is 1.48. The summed E-state index contributed by atoms with van der Waals surface area (Å²) in [7, 11) is 0. The smallest absolute Gasteiger partial charge is 0.245 e. The van der Waals surface area contributed by atoms with Crippen LogP contribution in [0.1, 0.15) is 19.5 Å². The van der Waals surface area contributed by atoms with Crippen LogP contribution in [0.15, 0.2) is 29.9 Å². The van der Waals surface area contributed by atoms with Crippen molar-refractivity contribution in [2.24, 2.45) is 5.84 Å². The highest BCUT2D eigenvalue weighted by molar-refractivity contribution is 7.13. The maximum atomic E-state index is 11.7. The highest BCUT2D eigenvalue weighted by Crippen LogP contribution is 2.29. The molecule has 2 heterocycles. The first-order chi connectivity index (χ1) is 8.55. The SMILES string of the molecule is CC(C)(C(=O)NN)c1csc(-c2cccnc2)n1. The molecule has 18 heavy (non-hydrogen) atoms. The predicted octanol–water partition coefficient (Wildman–Crippen LogP) is 1.47. The van der Waals surface area contributed by atoms with E-state index < -0.39 is 5.41 Å². The third-order valence-electron chi connectivity index (χ3n) is 2.75. The molecule has 3 N–H and O–H groups in total. The van der Waals surface area contributed by atoms with Crippen LogP contribution in [0.3, 0.4) is 0 Å². The number of hydrogen-bond acceptors (Lipinski definition) is 5. The van der Waals surface area contributed by atoms with E-state index in [1.807, 2.05) is 17.5 Å². The number of rotatable bonds is 3. The third-order valence-corrected chi connectivity index (χ3v) is 3.64. The Morgan fingerprint density at radius 2 is 2.28 bits per heavy atom. The van der Waals surface area contributed by atoms with E-state index in [9.17, 15) is 4.79 Å². The molecule has 2 rings (SSSR count). The fourth-order valence-corrected chi connectivity index (χ4v) is 2.46. The maximum Gasteiger partial charge on any atom is 0.245 e. The number of carbonyl (C=O) groups excluding carboxylic acids is 1. The maximum absolute atomic E-state index is 11.7. The monoisotopic (exact) mass is 262 g/mol. The molecule has 0 fully saturated rings. The van der Waals surface area contributed by atoms with Crippen LogP contribution in [0.5, 0.6) is 0 Å². The Labute approximate surface area is 109 Å². The minimum absolute atomic E-state index is 0.259. The lowest BCUT2D eigenvalue weighted by atomic mass is 9.89. The Morgan fingerprint density at radius 3 is 2.89 bits per heavy atom. The van der Waals surface area contributed by atoms with Gasteiger partial charge in [-0.25, -0.2) is 10.8 Å². The minimum Gasteiger partial charge on any atom is -0.293 e. The van der Waals surface area contributed by atoms with Crippen LogP contribution in [0.2, 0.25) is 0 Å². The molecule has 0 aliphatic carbocycles. The summed E-state index contributed by atoms with van der Waals surface area (Å²) < 4.78 is 0. The van der Waals surface area contributed by atoms with Crippen molar-refractivity contribution in [1.29, 1.82) is 0 Å². The van der Waals surface area contributed by atoms with Gasteiger partial charge in [-0.2, -0.15) is 0 Å². The van der Waals surface area contributed by atoms with Crippen LogP contribution in [-0.4, -0.2) is 15.9 Å². The second kappa shape index (κ2) is 4.83. The average Bonchev–Trinajstić information content (AvgIpc) is 2.89. The molecular weight excluding hydrogens is 248 g/mol. The van der Waals surface area contributed by atoms with Crippen molar-refractivity contribution in [3.8, 4) is 10.6 Å². The van der Waals surface area contributed by atoms with Crippen LogP contribution in [0.25, 0.3) is 10.6 Å². The van der Waals surface area contributed by atoms with Gasteiger partial charge in [0.25, 0.3) is 0 Å². The number of carbonyl (C=O) groups is 1. The summed E-state index contributed by atoms with van der Waals surface area (Å²) in [5.41, 5.74) is 3.07. The van der Waals surface area contributed by atoms with Gasteiger partial charge in [-0.1, -0.05) is 0 Å². The van der Waals surface area contributed by atoms with E-state index in [1.165, 1.54) is 11.3 Å². The van der Waals surface area contributed by atoms with Gasteiger partial charge in [-0.15, -0.1) is 11.3 Å². The molecule has 0 radical (unpaired) electrons. The molecule has 6 heteroatoms. The van der Waals surface area contributed by atoms with Crippen molar-refractivity contribution in [3.05, 3.63) is 35.6 Å². The Bertz CT molecular complexity index is 550. The molecule has 0 saturated heterocycles. The van der Waals surface area contributed by atoms with E-state index in [-0.39, 0.29) is 5.91 Å². The molecular formula is C12H14N4OS. The molecule has 2 aromatic heterocycles. The van der Waals surface area contributed by atoms with Gasteiger partial charge in [0.05, 0.1) is 11.1 Å². The molecule has 1 amide bonds. The van der Waals surface area contributed by atoms with Gasteiger partial charge in [0.1, 0.15) is 5.01 Å². The number of hydrazine groups is 1. The van der Waals surface area contributed by atoms with Crippen molar-refractivity contribution in [3.63, 3.8) is 0 Å². The van der Waals surface area contributed by atoms with Crippen molar-refractivity contribution in [2.45, 2.75) is 19.3 Å². The third kappa shape index (κ3) is 2.25. The number of aromatic nitrogens is 2. The first kappa shape index (κ1) is 12.7. The summed E-state index contributed by atoms with van der Waals surface area (Å²) >= 11 is 1.49. The lowest BCUT2D eigenvalue weighted by Crippen LogP contribution is -2.43. The van der Waals surface area contributed by atoms with E-state index in [2.05, 4.69) is 15.4 Å². The average molecular weight is 262 g/mol. The second-order valence-corrected chi connectivity index (χ2v) is 5.24. The van der Waals surface area contributed by atoms with Gasteiger partial charge in [-0.05, 0) is 26.0 Å². The van der Waals surface area contributed by atoms with E-state index in [1.54, 1.807) is 26.2 Å². The van der Waals surface area contributed by atoms with E-state index in [0.29, 0.717) is 5.69 Å². The summed E-state index contributed by atoms with van der Waals surface area (Å²) in [5.74, 6) is 4.92. The normalized spacial score (nSPS) is 11.3. The molecule has 0 bridgehead atoms. The van der Waals surface area contributed by atoms with E-state index in [4.69, 9.17) is 5.84 Å². The predicted molar refractivity (Wildman–Crippen MR) is 70.7 cm³/mol. The molecule has 0 atom stereocenters. The zero-order valence-electron chi connectivity index (χ0n) is 10.2. The van der Waals surface area contributed by atoms with Crippen molar-refractivity contribution < 1.29 is 4.79 Å². The van der Waals surface area contributed by atoms with E-state index >= 15 is 0 Å². The summed E-state index contributed by atoms with van der Waals surface area (Å²) in [5, 5.41) is 2.72. The Kier molecular flexibility index (Phi) is 3.40. The molecule has 0 spiro atoms. The molecule has 94 valence electrons. The number of amides is 1. The van der Waals surface area contributed by atoms with Crippen LogP contribution >= 0.6 is 11.3 Å². The quantitative estimate of drug-likeness (QED) is 0.498. The minimum atomic E-state index is -0.744. The van der Waals surface area contributed by atoms with Gasteiger partial charge >= 0.3 is 0 Å². The zero-order valence-corrected chi connectivity index (χ0v) is 11.0. The Morgan fingerprint density at radius 1 is 1.50 bits per heavy atom. The summed E-state index contributed by atoms with van der Waals surface area (Å²) in [6.45, 7) is 3.58. The molecule has 0 aromatic carbocycles. The Hall–Kier alpha value is -1.79. The van der Waals surface area contributed by atoms with E-state index in [0.717, 1.165) is 10.6 Å². The van der Waals surface area contributed by atoms with Crippen molar-refractivity contribution >= 4 is 17.2 Å². The number of pyridine rings is 1. The standard InChI is InChI=1S/C12H14N4OS/c1-12(2,11(17)16-13)9-7-18-10(15-9)8-4-3-5-14-6-8/h3-7H,13H2,1-2H3,(H,16,17). The number of nitrogens with two attached hydrogens (primary N) is 1. The highest BCUT2D eigenvalue weighted by atomic mass is 32.1. The van der Waals surface area contributed by atoms with Gasteiger partial charge in [0.2, 0.25) is 5.91 Å². The number of thiazole rings is 1.